The van der Waals surface area contributed by atoms with Crippen LogP contribution in [0.25, 0.3) is 0 Å². The molecule has 174 valence electrons. The molecule has 1 amide bonds. The molecule has 1 heterocycles. The van der Waals surface area contributed by atoms with Crippen LogP contribution < -0.4 is 10.1 Å². The van der Waals surface area contributed by atoms with E-state index in [0.717, 1.165) is 5.56 Å². The van der Waals surface area contributed by atoms with E-state index in [1.165, 1.54) is 16.8 Å². The quantitative estimate of drug-likeness (QED) is 0.244. The molecule has 0 radical (unpaired) electrons. The first-order valence-electron chi connectivity index (χ1n) is 9.95. The zero-order chi connectivity index (χ0) is 24.2. The van der Waals surface area contributed by atoms with Crippen molar-refractivity contribution in [2.24, 2.45) is 0 Å². The Balaban J connectivity index is 1.44. The second kappa shape index (κ2) is 10.8. The van der Waals surface area contributed by atoms with Crippen molar-refractivity contribution >= 4 is 62.5 Å². The molecule has 0 fully saturated rings. The average molecular weight is 584 g/mol. The highest BCUT2D eigenvalue weighted by Crippen LogP contribution is 2.32. The zero-order valence-corrected chi connectivity index (χ0v) is 21.2. The van der Waals surface area contributed by atoms with Gasteiger partial charge in [-0.3, -0.25) is 9.48 Å². The van der Waals surface area contributed by atoms with Crippen molar-refractivity contribution in [3.63, 3.8) is 0 Å². The number of aromatic nitrogens is 2. The third-order valence-corrected chi connectivity index (χ3v) is 6.57. The minimum Gasteiger partial charge on any atom is -0.487 e. The highest BCUT2D eigenvalue weighted by molar-refractivity contribution is 9.10. The van der Waals surface area contributed by atoms with Crippen LogP contribution in [0.1, 0.15) is 21.5 Å². The Bertz CT molecular complexity index is 1340. The van der Waals surface area contributed by atoms with E-state index in [1.54, 1.807) is 48.7 Å². The number of ether oxygens (including phenoxy) is 1. The van der Waals surface area contributed by atoms with Crippen LogP contribution in [0.15, 0.2) is 71.3 Å². The summed E-state index contributed by atoms with van der Waals surface area (Å²) in [5.41, 5.74) is 1.49. The van der Waals surface area contributed by atoms with E-state index in [1.807, 2.05) is 6.07 Å². The van der Waals surface area contributed by atoms with Gasteiger partial charge in [-0.2, -0.15) is 5.10 Å². The number of nitrogens with zero attached hydrogens (tertiary/aromatic N) is 2. The van der Waals surface area contributed by atoms with E-state index in [9.17, 15) is 9.18 Å². The van der Waals surface area contributed by atoms with E-state index in [4.69, 9.17) is 39.5 Å². The SMILES string of the molecule is O=C(Nc1nn(Cc2c(F)cccc2Cl)cc1Br)c1cccc(COc2cccc(Cl)c2Cl)c1. The van der Waals surface area contributed by atoms with E-state index < -0.39 is 5.82 Å². The maximum atomic E-state index is 14.1. The largest absolute Gasteiger partial charge is 0.487 e. The number of hydrogen-bond acceptors (Lipinski definition) is 3. The molecular formula is C24H16BrCl3FN3O2. The summed E-state index contributed by atoms with van der Waals surface area (Å²) in [6, 6.07) is 16.6. The minimum absolute atomic E-state index is 0.110. The monoisotopic (exact) mass is 581 g/mol. The summed E-state index contributed by atoms with van der Waals surface area (Å²) in [5.74, 6) is -0.0430. The van der Waals surface area contributed by atoms with Gasteiger partial charge in [0.2, 0.25) is 0 Å². The fourth-order valence-corrected chi connectivity index (χ4v) is 4.13. The molecule has 34 heavy (non-hydrogen) atoms. The number of rotatable bonds is 7. The van der Waals surface area contributed by atoms with Gasteiger partial charge in [0.05, 0.1) is 16.0 Å². The molecule has 1 N–H and O–H groups in total. The number of anilines is 1. The molecule has 10 heteroatoms. The van der Waals surface area contributed by atoms with Gasteiger partial charge in [0.25, 0.3) is 5.91 Å². The number of carbonyl (C=O) groups is 1. The van der Waals surface area contributed by atoms with Crippen LogP contribution in [0.5, 0.6) is 5.75 Å². The first-order chi connectivity index (χ1) is 16.3. The van der Waals surface area contributed by atoms with Crippen LogP contribution in [0, 0.1) is 5.82 Å². The van der Waals surface area contributed by atoms with Gasteiger partial charge in [-0.05, 0) is 57.9 Å². The average Bonchev–Trinajstić information content (AvgIpc) is 3.16. The molecule has 0 saturated carbocycles. The molecule has 0 atom stereocenters. The van der Waals surface area contributed by atoms with Crippen molar-refractivity contribution < 1.29 is 13.9 Å². The molecular weight excluding hydrogens is 568 g/mol. The standard InChI is InChI=1S/C24H16BrCl3FN3O2/c25-17-12-32(11-16-18(26)6-2-8-20(16)29)31-23(17)30-24(33)15-5-1-4-14(10-15)13-34-21-9-3-7-19(27)22(21)28/h1-10,12H,11,13H2,(H,30,31,33). The Morgan fingerprint density at radius 1 is 1.06 bits per heavy atom. The molecule has 0 unspecified atom stereocenters. The van der Waals surface area contributed by atoms with Crippen molar-refractivity contribution in [3.8, 4) is 5.75 Å². The molecule has 5 nitrogen and oxygen atoms in total. The van der Waals surface area contributed by atoms with Crippen molar-refractivity contribution in [2.75, 3.05) is 5.32 Å². The first-order valence-corrected chi connectivity index (χ1v) is 11.9. The highest BCUT2D eigenvalue weighted by Gasteiger charge is 2.15. The Morgan fingerprint density at radius 2 is 1.79 bits per heavy atom. The molecule has 0 saturated heterocycles. The molecule has 0 aliphatic rings. The maximum Gasteiger partial charge on any atom is 0.256 e. The van der Waals surface area contributed by atoms with Crippen LogP contribution in [0.2, 0.25) is 15.1 Å². The molecule has 4 rings (SSSR count). The normalized spacial score (nSPS) is 10.9. The summed E-state index contributed by atoms with van der Waals surface area (Å²) < 4.78 is 21.9. The van der Waals surface area contributed by atoms with Crippen LogP contribution in [-0.4, -0.2) is 15.7 Å². The number of hydrogen-bond donors (Lipinski definition) is 1. The lowest BCUT2D eigenvalue weighted by molar-refractivity contribution is 0.102. The second-order valence-corrected chi connectivity index (χ2v) is 9.27. The summed E-state index contributed by atoms with van der Waals surface area (Å²) in [6.07, 6.45) is 1.64. The van der Waals surface area contributed by atoms with Crippen LogP contribution in [-0.2, 0) is 13.2 Å². The van der Waals surface area contributed by atoms with Crippen LogP contribution >= 0.6 is 50.7 Å². The second-order valence-electron chi connectivity index (χ2n) is 7.22. The number of benzene rings is 3. The molecule has 4 aromatic rings. The summed E-state index contributed by atoms with van der Waals surface area (Å²) in [5, 5.41) is 8.11. The van der Waals surface area contributed by atoms with Gasteiger partial charge in [-0.1, -0.05) is 59.1 Å². The summed E-state index contributed by atoms with van der Waals surface area (Å²) in [6.45, 7) is 0.307. The van der Waals surface area contributed by atoms with Crippen LogP contribution in [0.3, 0.4) is 0 Å². The van der Waals surface area contributed by atoms with E-state index in [-0.39, 0.29) is 19.1 Å². The van der Waals surface area contributed by atoms with Gasteiger partial charge in [-0.15, -0.1) is 0 Å². The lowest BCUT2D eigenvalue weighted by Crippen LogP contribution is -2.14. The molecule has 3 aromatic carbocycles. The molecule has 0 aliphatic carbocycles. The zero-order valence-electron chi connectivity index (χ0n) is 17.4. The number of halogens is 5. The molecule has 0 bridgehead atoms. The Labute approximate surface area is 218 Å². The third kappa shape index (κ3) is 5.73. The lowest BCUT2D eigenvalue weighted by atomic mass is 10.1. The minimum atomic E-state index is -0.428. The molecule has 0 aliphatic heterocycles. The fraction of sp³-hybridized carbons (Fsp3) is 0.0833. The maximum absolute atomic E-state index is 14.1. The molecule has 0 spiro atoms. The van der Waals surface area contributed by atoms with E-state index in [0.29, 0.717) is 42.2 Å². The predicted octanol–water partition coefficient (Wildman–Crippen LogP) is 7.62. The van der Waals surface area contributed by atoms with Gasteiger partial charge in [0, 0.05) is 22.3 Å². The number of nitrogens with one attached hydrogen (secondary N) is 1. The van der Waals surface area contributed by atoms with Crippen molar-refractivity contribution in [1.29, 1.82) is 0 Å². The van der Waals surface area contributed by atoms with E-state index in [2.05, 4.69) is 26.3 Å². The van der Waals surface area contributed by atoms with Gasteiger partial charge in [0.15, 0.2) is 5.82 Å². The van der Waals surface area contributed by atoms with Gasteiger partial charge in [0.1, 0.15) is 23.2 Å². The molecule has 1 aromatic heterocycles. The Hall–Kier alpha value is -2.58. The van der Waals surface area contributed by atoms with Crippen LogP contribution in [0.4, 0.5) is 10.2 Å². The smallest absolute Gasteiger partial charge is 0.256 e. The predicted molar refractivity (Wildman–Crippen MR) is 136 cm³/mol. The fourth-order valence-electron chi connectivity index (χ4n) is 3.15. The third-order valence-electron chi connectivity index (χ3n) is 4.83. The van der Waals surface area contributed by atoms with Gasteiger partial charge >= 0.3 is 0 Å². The van der Waals surface area contributed by atoms with Crippen molar-refractivity contribution in [1.82, 2.24) is 9.78 Å². The summed E-state index contributed by atoms with van der Waals surface area (Å²) in [4.78, 5) is 12.8. The Kier molecular flexibility index (Phi) is 7.78. The number of carbonyl (C=O) groups excluding carboxylic acids is 1. The topological polar surface area (TPSA) is 56.2 Å². The summed E-state index contributed by atoms with van der Waals surface area (Å²) in [7, 11) is 0. The number of amides is 1. The van der Waals surface area contributed by atoms with E-state index >= 15 is 0 Å². The lowest BCUT2D eigenvalue weighted by Gasteiger charge is -2.10. The highest BCUT2D eigenvalue weighted by atomic mass is 79.9. The Morgan fingerprint density at radius 3 is 2.59 bits per heavy atom. The first kappa shape index (κ1) is 24.5. The van der Waals surface area contributed by atoms with Gasteiger partial charge in [-0.25, -0.2) is 4.39 Å². The van der Waals surface area contributed by atoms with Crippen molar-refractivity contribution in [2.45, 2.75) is 13.2 Å². The summed E-state index contributed by atoms with van der Waals surface area (Å²) >= 11 is 21.6. The van der Waals surface area contributed by atoms with Crippen molar-refractivity contribution in [3.05, 3.63) is 109 Å². The van der Waals surface area contributed by atoms with Gasteiger partial charge < -0.3 is 10.1 Å².